The van der Waals surface area contributed by atoms with Crippen molar-refractivity contribution in [2.45, 2.75) is 32.4 Å². The summed E-state index contributed by atoms with van der Waals surface area (Å²) < 4.78 is 19.1. The number of hydrogen-bond donors (Lipinski definition) is 1. The molecule has 0 aliphatic heterocycles. The van der Waals surface area contributed by atoms with E-state index >= 15 is 0 Å². The fourth-order valence-electron chi connectivity index (χ4n) is 3.00. The van der Waals surface area contributed by atoms with E-state index in [0.717, 1.165) is 30.7 Å². The van der Waals surface area contributed by atoms with Crippen LogP contribution < -0.4 is 10.1 Å². The van der Waals surface area contributed by atoms with Crippen LogP contribution >= 0.6 is 0 Å². The first-order valence-corrected chi connectivity index (χ1v) is 7.50. The predicted octanol–water partition coefficient (Wildman–Crippen LogP) is 4.00. The molecule has 0 aromatic heterocycles. The van der Waals surface area contributed by atoms with Crippen molar-refractivity contribution in [3.63, 3.8) is 0 Å². The molecule has 1 aliphatic rings. The lowest BCUT2D eigenvalue weighted by molar-refractivity contribution is 0.302. The normalized spacial score (nSPS) is 16.8. The van der Waals surface area contributed by atoms with E-state index in [9.17, 15) is 4.39 Å². The van der Waals surface area contributed by atoms with Gasteiger partial charge in [0.1, 0.15) is 18.2 Å². The van der Waals surface area contributed by atoms with Crippen molar-refractivity contribution in [1.29, 1.82) is 0 Å². The maximum absolute atomic E-state index is 13.2. The van der Waals surface area contributed by atoms with Crippen LogP contribution in [-0.2, 0) is 13.0 Å². The van der Waals surface area contributed by atoms with Gasteiger partial charge in [-0.3, -0.25) is 0 Å². The van der Waals surface area contributed by atoms with Gasteiger partial charge in [-0.2, -0.15) is 0 Å². The quantitative estimate of drug-likeness (QED) is 0.896. The molecular weight excluding hydrogens is 265 g/mol. The molecular formula is C18H20FNO. The van der Waals surface area contributed by atoms with Crippen LogP contribution in [0.15, 0.2) is 42.5 Å². The standard InChI is InChI=1S/C18H20FNO/c1-2-20-17-10-9-16-15(17)7-4-8-18(16)21-12-13-5-3-6-14(19)11-13/h3-8,11,17,20H,2,9-10,12H2,1H3. The van der Waals surface area contributed by atoms with Gasteiger partial charge in [0.05, 0.1) is 0 Å². The molecule has 0 saturated heterocycles. The average Bonchev–Trinajstić information content (AvgIpc) is 2.90. The van der Waals surface area contributed by atoms with E-state index in [1.807, 2.05) is 18.2 Å². The molecule has 1 N–H and O–H groups in total. The number of hydrogen-bond acceptors (Lipinski definition) is 2. The lowest BCUT2D eigenvalue weighted by Crippen LogP contribution is -2.18. The van der Waals surface area contributed by atoms with Crippen molar-refractivity contribution in [1.82, 2.24) is 5.32 Å². The highest BCUT2D eigenvalue weighted by atomic mass is 19.1. The topological polar surface area (TPSA) is 21.3 Å². The average molecular weight is 285 g/mol. The Balaban J connectivity index is 1.75. The van der Waals surface area contributed by atoms with Crippen molar-refractivity contribution in [3.05, 3.63) is 65.0 Å². The molecule has 1 atom stereocenters. The number of halogens is 1. The van der Waals surface area contributed by atoms with Crippen LogP contribution in [0.1, 0.15) is 36.1 Å². The molecule has 110 valence electrons. The zero-order valence-electron chi connectivity index (χ0n) is 12.2. The minimum Gasteiger partial charge on any atom is -0.489 e. The van der Waals surface area contributed by atoms with Gasteiger partial charge in [-0.15, -0.1) is 0 Å². The zero-order chi connectivity index (χ0) is 14.7. The van der Waals surface area contributed by atoms with E-state index in [0.29, 0.717) is 12.6 Å². The van der Waals surface area contributed by atoms with Crippen LogP contribution in [0, 0.1) is 5.82 Å². The maximum atomic E-state index is 13.2. The molecule has 0 bridgehead atoms. The summed E-state index contributed by atoms with van der Waals surface area (Å²) in [4.78, 5) is 0. The van der Waals surface area contributed by atoms with Crippen molar-refractivity contribution in [3.8, 4) is 5.75 Å². The van der Waals surface area contributed by atoms with Crippen LogP contribution in [0.4, 0.5) is 4.39 Å². The van der Waals surface area contributed by atoms with Crippen LogP contribution in [0.3, 0.4) is 0 Å². The van der Waals surface area contributed by atoms with E-state index in [1.54, 1.807) is 6.07 Å². The Morgan fingerprint density at radius 2 is 2.10 bits per heavy atom. The number of nitrogens with one attached hydrogen (secondary N) is 1. The maximum Gasteiger partial charge on any atom is 0.123 e. The third-order valence-corrected chi connectivity index (χ3v) is 3.96. The molecule has 21 heavy (non-hydrogen) atoms. The van der Waals surface area contributed by atoms with Crippen molar-refractivity contribution >= 4 is 0 Å². The Hall–Kier alpha value is -1.87. The van der Waals surface area contributed by atoms with Crippen molar-refractivity contribution in [2.24, 2.45) is 0 Å². The summed E-state index contributed by atoms with van der Waals surface area (Å²) in [5.41, 5.74) is 3.49. The van der Waals surface area contributed by atoms with Gasteiger partial charge in [0.25, 0.3) is 0 Å². The van der Waals surface area contributed by atoms with Gasteiger partial charge in [-0.05, 0) is 54.3 Å². The number of rotatable bonds is 5. The highest BCUT2D eigenvalue weighted by Crippen LogP contribution is 2.37. The molecule has 0 spiro atoms. The fourth-order valence-corrected chi connectivity index (χ4v) is 3.00. The second kappa shape index (κ2) is 6.27. The summed E-state index contributed by atoms with van der Waals surface area (Å²) in [5.74, 6) is 0.707. The predicted molar refractivity (Wildman–Crippen MR) is 81.9 cm³/mol. The molecule has 2 aromatic carbocycles. The van der Waals surface area contributed by atoms with Gasteiger partial charge in [-0.25, -0.2) is 4.39 Å². The molecule has 0 heterocycles. The number of fused-ring (bicyclic) bond motifs is 1. The molecule has 1 unspecified atom stereocenters. The Bertz CT molecular complexity index is 626. The number of ether oxygens (including phenoxy) is 1. The molecule has 0 radical (unpaired) electrons. The third-order valence-electron chi connectivity index (χ3n) is 3.96. The fraction of sp³-hybridized carbons (Fsp3) is 0.333. The lowest BCUT2D eigenvalue weighted by Gasteiger charge is -2.14. The minimum atomic E-state index is -0.221. The summed E-state index contributed by atoms with van der Waals surface area (Å²) in [6, 6.07) is 13.2. The van der Waals surface area contributed by atoms with Crippen LogP contribution in [0.25, 0.3) is 0 Å². The van der Waals surface area contributed by atoms with Gasteiger partial charge in [0, 0.05) is 6.04 Å². The van der Waals surface area contributed by atoms with Crippen molar-refractivity contribution < 1.29 is 9.13 Å². The molecule has 2 aromatic rings. The molecule has 0 amide bonds. The zero-order valence-corrected chi connectivity index (χ0v) is 12.2. The first-order valence-electron chi connectivity index (χ1n) is 7.50. The van der Waals surface area contributed by atoms with Gasteiger partial charge in [-0.1, -0.05) is 31.2 Å². The van der Waals surface area contributed by atoms with Gasteiger partial charge in [0.2, 0.25) is 0 Å². The summed E-state index contributed by atoms with van der Waals surface area (Å²) >= 11 is 0. The Labute approximate surface area is 125 Å². The smallest absolute Gasteiger partial charge is 0.123 e. The highest BCUT2D eigenvalue weighted by Gasteiger charge is 2.24. The number of benzene rings is 2. The summed E-state index contributed by atoms with van der Waals surface area (Å²) in [5, 5.41) is 3.50. The van der Waals surface area contributed by atoms with Crippen LogP contribution in [0.5, 0.6) is 5.75 Å². The third kappa shape index (κ3) is 3.08. The Morgan fingerprint density at radius 3 is 2.90 bits per heavy atom. The minimum absolute atomic E-state index is 0.221. The molecule has 0 saturated carbocycles. The van der Waals surface area contributed by atoms with Gasteiger partial charge in [0.15, 0.2) is 0 Å². The Morgan fingerprint density at radius 1 is 1.24 bits per heavy atom. The SMILES string of the molecule is CCNC1CCc2c(OCc3cccc(F)c3)cccc21. The van der Waals surface area contributed by atoms with Crippen molar-refractivity contribution in [2.75, 3.05) is 6.54 Å². The highest BCUT2D eigenvalue weighted by molar-refractivity contribution is 5.45. The molecule has 2 nitrogen and oxygen atoms in total. The van der Waals surface area contributed by atoms with E-state index in [1.165, 1.54) is 23.3 Å². The first-order chi connectivity index (χ1) is 10.3. The molecule has 1 aliphatic carbocycles. The summed E-state index contributed by atoms with van der Waals surface area (Å²) in [7, 11) is 0. The van der Waals surface area contributed by atoms with Gasteiger partial charge >= 0.3 is 0 Å². The second-order valence-corrected chi connectivity index (χ2v) is 5.39. The van der Waals surface area contributed by atoms with E-state index in [-0.39, 0.29) is 5.82 Å². The van der Waals surface area contributed by atoms with Crippen LogP contribution in [0.2, 0.25) is 0 Å². The van der Waals surface area contributed by atoms with E-state index < -0.39 is 0 Å². The first kappa shape index (κ1) is 14.1. The largest absolute Gasteiger partial charge is 0.489 e. The van der Waals surface area contributed by atoms with Gasteiger partial charge < -0.3 is 10.1 Å². The molecule has 3 rings (SSSR count). The van der Waals surface area contributed by atoms with E-state index in [4.69, 9.17) is 4.74 Å². The van der Waals surface area contributed by atoms with E-state index in [2.05, 4.69) is 18.3 Å². The van der Waals surface area contributed by atoms with Crippen LogP contribution in [-0.4, -0.2) is 6.54 Å². The monoisotopic (exact) mass is 285 g/mol. The summed E-state index contributed by atoms with van der Waals surface area (Å²) in [6.45, 7) is 3.50. The molecule has 3 heteroatoms. The molecule has 0 fully saturated rings. The lowest BCUT2D eigenvalue weighted by atomic mass is 10.1. The Kier molecular flexibility index (Phi) is 4.20. The summed E-state index contributed by atoms with van der Waals surface area (Å²) in [6.07, 6.45) is 2.15. The second-order valence-electron chi connectivity index (χ2n) is 5.39.